The number of hydrogen-bond donors (Lipinski definition) is 1. The standard InChI is InChI=1S/C22H21N3O3/c26-12-4-10-25-21-8-7-19(13-18(21)15-23-25)24-11-9-20(14-22(24)27)28-16-17-5-2-1-3-6-17/h1-3,5-9,11,13-15,26H,4,10,12,16H2. The molecule has 4 aromatic rings. The van der Waals surface area contributed by atoms with Crippen molar-refractivity contribution in [1.29, 1.82) is 0 Å². The van der Waals surface area contributed by atoms with Crippen LogP contribution in [0, 0.1) is 0 Å². The van der Waals surface area contributed by atoms with Crippen LogP contribution in [0.2, 0.25) is 0 Å². The first-order valence-electron chi connectivity index (χ1n) is 9.21. The molecule has 0 aliphatic carbocycles. The average molecular weight is 375 g/mol. The average Bonchev–Trinajstić information content (AvgIpc) is 3.13. The highest BCUT2D eigenvalue weighted by Gasteiger charge is 2.07. The fraction of sp³-hybridized carbons (Fsp3) is 0.182. The molecule has 0 fully saturated rings. The maximum absolute atomic E-state index is 12.6. The lowest BCUT2D eigenvalue weighted by Gasteiger charge is -2.09. The van der Waals surface area contributed by atoms with Gasteiger partial charge in [-0.05, 0) is 36.2 Å². The van der Waals surface area contributed by atoms with Crippen LogP contribution in [0.25, 0.3) is 16.6 Å². The van der Waals surface area contributed by atoms with Gasteiger partial charge in [0, 0.05) is 36.5 Å². The first kappa shape index (κ1) is 18.0. The molecule has 6 heteroatoms. The minimum absolute atomic E-state index is 0.132. The van der Waals surface area contributed by atoms with Gasteiger partial charge in [0.05, 0.1) is 11.7 Å². The lowest BCUT2D eigenvalue weighted by Crippen LogP contribution is -2.16. The molecule has 0 radical (unpaired) electrons. The van der Waals surface area contributed by atoms with Crippen molar-refractivity contribution in [2.45, 2.75) is 19.6 Å². The third-order valence-corrected chi connectivity index (χ3v) is 4.57. The molecule has 0 aliphatic rings. The normalized spacial score (nSPS) is 11.0. The van der Waals surface area contributed by atoms with Gasteiger partial charge >= 0.3 is 0 Å². The summed E-state index contributed by atoms with van der Waals surface area (Å²) in [4.78, 5) is 12.6. The predicted molar refractivity (Wildman–Crippen MR) is 108 cm³/mol. The second kappa shape index (κ2) is 8.10. The van der Waals surface area contributed by atoms with E-state index in [4.69, 9.17) is 9.84 Å². The number of benzene rings is 2. The Morgan fingerprint density at radius 2 is 1.89 bits per heavy atom. The van der Waals surface area contributed by atoms with Crippen molar-refractivity contribution >= 4 is 10.9 Å². The molecule has 0 amide bonds. The van der Waals surface area contributed by atoms with Crippen LogP contribution >= 0.6 is 0 Å². The van der Waals surface area contributed by atoms with Crippen LogP contribution in [0.1, 0.15) is 12.0 Å². The van der Waals surface area contributed by atoms with E-state index in [9.17, 15) is 4.79 Å². The summed E-state index contributed by atoms with van der Waals surface area (Å²) in [5.74, 6) is 0.544. The van der Waals surface area contributed by atoms with E-state index >= 15 is 0 Å². The molecule has 4 rings (SSSR count). The number of pyridine rings is 1. The zero-order chi connectivity index (χ0) is 19.3. The number of aliphatic hydroxyl groups excluding tert-OH is 1. The minimum atomic E-state index is -0.155. The highest BCUT2D eigenvalue weighted by Crippen LogP contribution is 2.19. The van der Waals surface area contributed by atoms with Gasteiger partial charge in [0.2, 0.25) is 0 Å². The number of aryl methyl sites for hydroxylation is 1. The SMILES string of the molecule is O=c1cc(OCc2ccccc2)ccn1-c1ccc2c(cnn2CCCO)c1. The number of fused-ring (bicyclic) bond motifs is 1. The van der Waals surface area contributed by atoms with Crippen LogP contribution in [-0.2, 0) is 13.2 Å². The number of aliphatic hydroxyl groups is 1. The fourth-order valence-electron chi connectivity index (χ4n) is 3.13. The second-order valence-corrected chi connectivity index (χ2v) is 6.53. The van der Waals surface area contributed by atoms with Gasteiger partial charge in [0.15, 0.2) is 0 Å². The summed E-state index contributed by atoms with van der Waals surface area (Å²) >= 11 is 0. The van der Waals surface area contributed by atoms with Gasteiger partial charge < -0.3 is 9.84 Å². The Kier molecular flexibility index (Phi) is 5.21. The van der Waals surface area contributed by atoms with E-state index in [1.54, 1.807) is 23.0 Å². The largest absolute Gasteiger partial charge is 0.489 e. The summed E-state index contributed by atoms with van der Waals surface area (Å²) in [5, 5.41) is 14.3. The van der Waals surface area contributed by atoms with E-state index in [0.29, 0.717) is 25.3 Å². The molecule has 0 atom stereocenters. The van der Waals surface area contributed by atoms with Gasteiger partial charge in [-0.25, -0.2) is 0 Å². The molecule has 1 N–H and O–H groups in total. The summed E-state index contributed by atoms with van der Waals surface area (Å²) in [7, 11) is 0. The van der Waals surface area contributed by atoms with Gasteiger partial charge in [-0.2, -0.15) is 5.10 Å². The second-order valence-electron chi connectivity index (χ2n) is 6.53. The van der Waals surface area contributed by atoms with Gasteiger partial charge in [-0.1, -0.05) is 30.3 Å². The minimum Gasteiger partial charge on any atom is -0.489 e. The number of rotatable bonds is 7. The van der Waals surface area contributed by atoms with E-state index in [1.165, 1.54) is 6.07 Å². The number of hydrogen-bond acceptors (Lipinski definition) is 4. The van der Waals surface area contributed by atoms with Crippen LogP contribution in [0.4, 0.5) is 0 Å². The number of ether oxygens (including phenoxy) is 1. The third-order valence-electron chi connectivity index (χ3n) is 4.57. The Bertz CT molecular complexity index is 1130. The summed E-state index contributed by atoms with van der Waals surface area (Å²) in [5.41, 5.74) is 2.65. The van der Waals surface area contributed by atoms with Crippen molar-refractivity contribution in [1.82, 2.24) is 14.3 Å². The zero-order valence-electron chi connectivity index (χ0n) is 15.4. The molecule has 0 spiro atoms. The maximum atomic E-state index is 12.6. The van der Waals surface area contributed by atoms with Crippen molar-refractivity contribution in [3.05, 3.63) is 89.0 Å². The molecule has 2 aromatic heterocycles. The van der Waals surface area contributed by atoms with Crippen LogP contribution in [0.3, 0.4) is 0 Å². The third kappa shape index (κ3) is 3.82. The summed E-state index contributed by atoms with van der Waals surface area (Å²) in [6.45, 7) is 1.21. The molecule has 142 valence electrons. The van der Waals surface area contributed by atoms with Crippen molar-refractivity contribution in [3.63, 3.8) is 0 Å². The smallest absolute Gasteiger partial charge is 0.258 e. The van der Waals surface area contributed by atoms with Crippen LogP contribution in [0.5, 0.6) is 5.75 Å². The molecule has 0 saturated heterocycles. The Labute approximate surface area is 162 Å². The van der Waals surface area contributed by atoms with E-state index in [1.807, 2.05) is 53.2 Å². The highest BCUT2D eigenvalue weighted by atomic mass is 16.5. The summed E-state index contributed by atoms with van der Waals surface area (Å²) in [6.07, 6.45) is 4.15. The molecule has 28 heavy (non-hydrogen) atoms. The first-order valence-corrected chi connectivity index (χ1v) is 9.21. The zero-order valence-corrected chi connectivity index (χ0v) is 15.4. The molecule has 2 aromatic carbocycles. The molecule has 2 heterocycles. The molecule has 0 unspecified atom stereocenters. The Morgan fingerprint density at radius 1 is 1.04 bits per heavy atom. The molecule has 0 aliphatic heterocycles. The van der Waals surface area contributed by atoms with Crippen LogP contribution in [0.15, 0.2) is 77.9 Å². The lowest BCUT2D eigenvalue weighted by molar-refractivity contribution is 0.278. The number of aromatic nitrogens is 3. The van der Waals surface area contributed by atoms with E-state index in [0.717, 1.165) is 22.2 Å². The quantitative estimate of drug-likeness (QED) is 0.539. The van der Waals surface area contributed by atoms with Crippen LogP contribution in [-0.4, -0.2) is 26.1 Å². The van der Waals surface area contributed by atoms with Gasteiger partial charge in [0.25, 0.3) is 5.56 Å². The Balaban J connectivity index is 1.54. The summed E-state index contributed by atoms with van der Waals surface area (Å²) in [6, 6.07) is 18.9. The Hall–Kier alpha value is -3.38. The first-order chi connectivity index (χ1) is 13.7. The lowest BCUT2D eigenvalue weighted by atomic mass is 10.2. The highest BCUT2D eigenvalue weighted by molar-refractivity contribution is 5.80. The number of nitrogens with zero attached hydrogens (tertiary/aromatic N) is 3. The molecule has 0 saturated carbocycles. The van der Waals surface area contributed by atoms with Gasteiger partial charge in [0.1, 0.15) is 12.4 Å². The maximum Gasteiger partial charge on any atom is 0.258 e. The molecular formula is C22H21N3O3. The summed E-state index contributed by atoms with van der Waals surface area (Å²) < 4.78 is 9.17. The van der Waals surface area contributed by atoms with E-state index in [2.05, 4.69) is 5.10 Å². The van der Waals surface area contributed by atoms with Crippen molar-refractivity contribution in [2.24, 2.45) is 0 Å². The van der Waals surface area contributed by atoms with Gasteiger partial charge in [-0.3, -0.25) is 14.0 Å². The predicted octanol–water partition coefficient (Wildman–Crippen LogP) is 3.15. The Morgan fingerprint density at radius 3 is 2.68 bits per heavy atom. The molecular weight excluding hydrogens is 354 g/mol. The van der Waals surface area contributed by atoms with E-state index in [-0.39, 0.29) is 12.2 Å². The van der Waals surface area contributed by atoms with Crippen molar-refractivity contribution in [2.75, 3.05) is 6.61 Å². The van der Waals surface area contributed by atoms with Gasteiger partial charge in [-0.15, -0.1) is 0 Å². The fourth-order valence-corrected chi connectivity index (χ4v) is 3.13. The van der Waals surface area contributed by atoms with E-state index < -0.39 is 0 Å². The topological polar surface area (TPSA) is 69.3 Å². The van der Waals surface area contributed by atoms with Crippen LogP contribution < -0.4 is 10.3 Å². The molecule has 0 bridgehead atoms. The van der Waals surface area contributed by atoms with Crippen molar-refractivity contribution < 1.29 is 9.84 Å². The molecule has 6 nitrogen and oxygen atoms in total. The van der Waals surface area contributed by atoms with Crippen molar-refractivity contribution in [3.8, 4) is 11.4 Å². The monoisotopic (exact) mass is 375 g/mol.